The van der Waals surface area contributed by atoms with E-state index in [0.29, 0.717) is 5.75 Å². The second-order valence-corrected chi connectivity index (χ2v) is 6.41. The van der Waals surface area contributed by atoms with Gasteiger partial charge in [0.05, 0.1) is 5.41 Å². The van der Waals surface area contributed by atoms with Gasteiger partial charge in [0.15, 0.2) is 0 Å². The first-order valence-corrected chi connectivity index (χ1v) is 8.03. The van der Waals surface area contributed by atoms with Crippen LogP contribution in [0.4, 0.5) is 0 Å². The molecule has 0 aliphatic carbocycles. The van der Waals surface area contributed by atoms with Crippen LogP contribution < -0.4 is 4.18 Å². The third-order valence-electron chi connectivity index (χ3n) is 2.25. The normalized spacial score (nSPS) is 11.6. The highest BCUT2D eigenvalue weighted by atomic mass is 127. The Balaban J connectivity index is 2.11. The van der Waals surface area contributed by atoms with Crippen LogP contribution in [-0.2, 0) is 10.1 Å². The molecule has 2 aromatic carbocycles. The molecular weight excluding hydrogens is 375 g/mol. The van der Waals surface area contributed by atoms with Gasteiger partial charge in [0.2, 0.25) is 0 Å². The fraction of sp³-hybridized carbons (Fsp3) is 0. The van der Waals surface area contributed by atoms with Crippen LogP contribution in [0.15, 0.2) is 60.0 Å². The molecule has 0 heterocycles. The molecule has 0 aliphatic heterocycles. The van der Waals surface area contributed by atoms with Gasteiger partial charge in [-0.3, -0.25) is 0 Å². The standard InChI is InChI=1S/C14H11IO3S/c15-13-6-8-14(9-7-13)18-19(16,17)11-10-12-4-2-1-3-5-12/h1-11H/b11-10+. The molecule has 5 heteroatoms. The molecule has 0 aliphatic rings. The van der Waals surface area contributed by atoms with Crippen molar-refractivity contribution < 1.29 is 12.6 Å². The van der Waals surface area contributed by atoms with E-state index in [4.69, 9.17) is 4.18 Å². The predicted octanol–water partition coefficient (Wildman–Crippen LogP) is 3.67. The van der Waals surface area contributed by atoms with Gasteiger partial charge in [-0.05, 0) is 58.5 Å². The summed E-state index contributed by atoms with van der Waals surface area (Å²) in [7, 11) is -3.73. The van der Waals surface area contributed by atoms with E-state index in [1.165, 1.54) is 6.08 Å². The smallest absolute Gasteiger partial charge is 0.332 e. The lowest BCUT2D eigenvalue weighted by molar-refractivity contribution is 0.497. The summed E-state index contributed by atoms with van der Waals surface area (Å²) < 4.78 is 29.5. The fourth-order valence-corrected chi connectivity index (χ4v) is 2.50. The first-order chi connectivity index (χ1) is 9.05. The highest BCUT2D eigenvalue weighted by Crippen LogP contribution is 2.16. The summed E-state index contributed by atoms with van der Waals surface area (Å²) in [6, 6.07) is 16.0. The topological polar surface area (TPSA) is 43.4 Å². The minimum absolute atomic E-state index is 0.304. The number of benzene rings is 2. The number of halogens is 1. The molecule has 0 N–H and O–H groups in total. The lowest BCUT2D eigenvalue weighted by atomic mass is 10.2. The third-order valence-corrected chi connectivity index (χ3v) is 3.87. The molecule has 0 atom stereocenters. The molecule has 0 aromatic heterocycles. The Morgan fingerprint density at radius 1 is 0.947 bits per heavy atom. The maximum Gasteiger partial charge on any atom is 0.332 e. The van der Waals surface area contributed by atoms with Crippen molar-refractivity contribution in [3.63, 3.8) is 0 Å². The molecule has 0 saturated heterocycles. The molecule has 19 heavy (non-hydrogen) atoms. The van der Waals surface area contributed by atoms with E-state index in [9.17, 15) is 8.42 Å². The molecule has 0 spiro atoms. The van der Waals surface area contributed by atoms with Crippen molar-refractivity contribution >= 4 is 38.8 Å². The van der Waals surface area contributed by atoms with Gasteiger partial charge < -0.3 is 4.18 Å². The number of hydrogen-bond acceptors (Lipinski definition) is 3. The maximum atomic E-state index is 11.7. The minimum Gasteiger partial charge on any atom is -0.379 e. The lowest BCUT2D eigenvalue weighted by Gasteiger charge is -2.03. The molecule has 0 amide bonds. The average Bonchev–Trinajstić information content (AvgIpc) is 2.40. The van der Waals surface area contributed by atoms with Crippen molar-refractivity contribution in [3.05, 3.63) is 69.1 Å². The molecule has 0 radical (unpaired) electrons. The lowest BCUT2D eigenvalue weighted by Crippen LogP contribution is -2.04. The molecule has 0 bridgehead atoms. The van der Waals surface area contributed by atoms with E-state index in [2.05, 4.69) is 22.6 Å². The van der Waals surface area contributed by atoms with Crippen LogP contribution >= 0.6 is 22.6 Å². The van der Waals surface area contributed by atoms with Crippen LogP contribution in [0.2, 0.25) is 0 Å². The summed E-state index contributed by atoms with van der Waals surface area (Å²) >= 11 is 2.14. The molecule has 0 saturated carbocycles. The van der Waals surface area contributed by atoms with Crippen molar-refractivity contribution in [2.75, 3.05) is 0 Å². The van der Waals surface area contributed by atoms with Crippen molar-refractivity contribution in [2.24, 2.45) is 0 Å². The van der Waals surface area contributed by atoms with Crippen LogP contribution in [0.25, 0.3) is 6.08 Å². The van der Waals surface area contributed by atoms with E-state index in [-0.39, 0.29) is 0 Å². The summed E-state index contributed by atoms with van der Waals surface area (Å²) in [6.07, 6.45) is 1.50. The van der Waals surface area contributed by atoms with Crippen molar-refractivity contribution in [2.45, 2.75) is 0 Å². The van der Waals surface area contributed by atoms with Gasteiger partial charge >= 0.3 is 10.1 Å². The van der Waals surface area contributed by atoms with E-state index >= 15 is 0 Å². The van der Waals surface area contributed by atoms with Gasteiger partial charge in [-0.2, -0.15) is 8.42 Å². The Morgan fingerprint density at radius 3 is 2.21 bits per heavy atom. The highest BCUT2D eigenvalue weighted by molar-refractivity contribution is 14.1. The van der Waals surface area contributed by atoms with Gasteiger partial charge in [-0.25, -0.2) is 0 Å². The Bertz CT molecular complexity index is 662. The summed E-state index contributed by atoms with van der Waals surface area (Å²) in [5.41, 5.74) is 0.803. The SMILES string of the molecule is O=S(=O)(/C=C/c1ccccc1)Oc1ccc(I)cc1. The van der Waals surface area contributed by atoms with Gasteiger partial charge in [0.1, 0.15) is 5.75 Å². The van der Waals surface area contributed by atoms with Gasteiger partial charge in [0, 0.05) is 3.57 Å². The Morgan fingerprint density at radius 2 is 1.58 bits per heavy atom. The van der Waals surface area contributed by atoms with Crippen LogP contribution in [0.1, 0.15) is 5.56 Å². The Kier molecular flexibility index (Phi) is 4.60. The van der Waals surface area contributed by atoms with Crippen molar-refractivity contribution in [1.29, 1.82) is 0 Å². The molecule has 0 fully saturated rings. The largest absolute Gasteiger partial charge is 0.379 e. The van der Waals surface area contributed by atoms with Gasteiger partial charge in [0.25, 0.3) is 0 Å². The minimum atomic E-state index is -3.73. The zero-order valence-electron chi connectivity index (χ0n) is 9.86. The zero-order valence-corrected chi connectivity index (χ0v) is 12.8. The third kappa shape index (κ3) is 4.68. The molecule has 2 aromatic rings. The quantitative estimate of drug-likeness (QED) is 0.595. The monoisotopic (exact) mass is 386 g/mol. The highest BCUT2D eigenvalue weighted by Gasteiger charge is 2.07. The Hall–Kier alpha value is -1.34. The summed E-state index contributed by atoms with van der Waals surface area (Å²) in [5, 5.41) is 1.06. The number of hydrogen-bond donors (Lipinski definition) is 0. The summed E-state index contributed by atoms with van der Waals surface area (Å²) in [6.45, 7) is 0. The van der Waals surface area contributed by atoms with Crippen molar-refractivity contribution in [1.82, 2.24) is 0 Å². The summed E-state index contributed by atoms with van der Waals surface area (Å²) in [4.78, 5) is 0. The molecule has 0 unspecified atom stereocenters. The van der Waals surface area contributed by atoms with E-state index in [0.717, 1.165) is 14.5 Å². The van der Waals surface area contributed by atoms with E-state index in [1.807, 2.05) is 30.3 Å². The van der Waals surface area contributed by atoms with Crippen LogP contribution in [0.5, 0.6) is 5.75 Å². The van der Waals surface area contributed by atoms with Gasteiger partial charge in [-0.1, -0.05) is 30.3 Å². The summed E-state index contributed by atoms with van der Waals surface area (Å²) in [5.74, 6) is 0.304. The zero-order chi connectivity index (χ0) is 13.7. The molecule has 3 nitrogen and oxygen atoms in total. The predicted molar refractivity (Wildman–Crippen MR) is 84.2 cm³/mol. The maximum absolute atomic E-state index is 11.7. The second-order valence-electron chi connectivity index (χ2n) is 3.74. The average molecular weight is 386 g/mol. The fourth-order valence-electron chi connectivity index (χ4n) is 1.38. The Labute approximate surface area is 126 Å². The van der Waals surface area contributed by atoms with Gasteiger partial charge in [-0.15, -0.1) is 0 Å². The van der Waals surface area contributed by atoms with Crippen LogP contribution in [-0.4, -0.2) is 8.42 Å². The molecule has 98 valence electrons. The van der Waals surface area contributed by atoms with Crippen molar-refractivity contribution in [3.8, 4) is 5.75 Å². The number of rotatable bonds is 4. The second kappa shape index (κ2) is 6.21. The first-order valence-electron chi connectivity index (χ1n) is 5.48. The van der Waals surface area contributed by atoms with E-state index in [1.54, 1.807) is 24.3 Å². The first kappa shape index (κ1) is 14.1. The van der Waals surface area contributed by atoms with E-state index < -0.39 is 10.1 Å². The van der Waals surface area contributed by atoms with Crippen LogP contribution in [0, 0.1) is 3.57 Å². The molecular formula is C14H11IO3S. The van der Waals surface area contributed by atoms with Crippen LogP contribution in [0.3, 0.4) is 0 Å². The molecule has 2 rings (SSSR count).